The highest BCUT2D eigenvalue weighted by molar-refractivity contribution is 5.47. The van der Waals surface area contributed by atoms with Crippen molar-refractivity contribution in [2.45, 2.75) is 24.8 Å². The Morgan fingerprint density at radius 1 is 1.04 bits per heavy atom. The van der Waals surface area contributed by atoms with E-state index >= 15 is 0 Å². The Labute approximate surface area is 148 Å². The Morgan fingerprint density at radius 2 is 1.72 bits per heavy atom. The monoisotopic (exact) mass is 359 g/mol. The van der Waals surface area contributed by atoms with E-state index in [1.807, 2.05) is 0 Å². The second kappa shape index (κ2) is 5.62. The fourth-order valence-corrected chi connectivity index (χ4v) is 5.06. The highest BCUT2D eigenvalue weighted by Crippen LogP contribution is 2.57. The quantitative estimate of drug-likeness (QED) is 0.428. The first-order chi connectivity index (χ1) is 11.8. The summed E-state index contributed by atoms with van der Waals surface area (Å²) in [5.41, 5.74) is 4.67. The van der Waals surface area contributed by atoms with Gasteiger partial charge in [0.2, 0.25) is 0 Å². The lowest BCUT2D eigenvalue weighted by molar-refractivity contribution is -2.00. The average molecular weight is 360 g/mol. The zero-order valence-electron chi connectivity index (χ0n) is 13.7. The predicted molar refractivity (Wildman–Crippen MR) is 78.4 cm³/mol. The normalized spacial score (nSPS) is 30.8. The molecule has 0 saturated carbocycles. The minimum Gasteiger partial charge on any atom is -0.222 e. The van der Waals surface area contributed by atoms with Gasteiger partial charge in [0.15, 0.2) is 17.4 Å². The molecule has 2 aliphatic carbocycles. The summed E-state index contributed by atoms with van der Waals surface area (Å²) in [7, 11) is -4.94. The molecule has 2 bridgehead atoms. The zero-order valence-corrected chi connectivity index (χ0v) is 14.4. The highest BCUT2D eigenvalue weighted by atomic mass is 35.7. The van der Waals surface area contributed by atoms with E-state index in [2.05, 4.69) is 72.3 Å². The molecule has 6 rings (SSSR count). The smallest absolute Gasteiger partial charge is 0.197 e. The molecule has 130 valence electrons. The predicted octanol–water partition coefficient (Wildman–Crippen LogP) is -1.37. The van der Waals surface area contributed by atoms with E-state index in [-0.39, 0.29) is 5.54 Å². The first-order valence-corrected chi connectivity index (χ1v) is 9.44. The molecule has 0 spiro atoms. The van der Waals surface area contributed by atoms with Gasteiger partial charge in [0.25, 0.3) is 0 Å². The van der Waals surface area contributed by atoms with Gasteiger partial charge in [-0.1, -0.05) is 42.5 Å². The minimum atomic E-state index is -4.94. The van der Waals surface area contributed by atoms with Gasteiger partial charge in [-0.3, -0.25) is 0 Å². The second-order valence-corrected chi connectivity index (χ2v) is 7.70. The Balaban J connectivity index is 0.000000280. The number of aromatic nitrogens is 1. The van der Waals surface area contributed by atoms with Gasteiger partial charge in [0, 0.05) is 24.6 Å². The van der Waals surface area contributed by atoms with E-state index in [9.17, 15) is 0 Å². The Kier molecular flexibility index (Phi) is 3.76. The van der Waals surface area contributed by atoms with Gasteiger partial charge in [0.05, 0.1) is 11.8 Å². The summed E-state index contributed by atoms with van der Waals surface area (Å²) in [5, 5.41) is 0. The van der Waals surface area contributed by atoms with Crippen molar-refractivity contribution in [1.82, 2.24) is 0 Å². The third kappa shape index (κ3) is 2.51. The van der Waals surface area contributed by atoms with Crippen LogP contribution in [-0.4, -0.2) is 0 Å². The van der Waals surface area contributed by atoms with Crippen LogP contribution in [0.1, 0.15) is 36.1 Å². The maximum Gasteiger partial charge on any atom is 0.197 e. The summed E-state index contributed by atoms with van der Waals surface area (Å²) in [6.07, 6.45) is 8.38. The van der Waals surface area contributed by atoms with Crippen LogP contribution in [0.25, 0.3) is 0 Å². The van der Waals surface area contributed by atoms with E-state index in [1.54, 1.807) is 5.56 Å². The summed E-state index contributed by atoms with van der Waals surface area (Å²) in [4.78, 5) is 0. The van der Waals surface area contributed by atoms with Crippen molar-refractivity contribution in [3.8, 4) is 0 Å². The third-order valence-electron chi connectivity index (χ3n) is 5.84. The largest absolute Gasteiger partial charge is 0.222 e. The molecule has 2 aromatic rings. The van der Waals surface area contributed by atoms with Crippen molar-refractivity contribution >= 4 is 0 Å². The second-order valence-electron chi connectivity index (χ2n) is 6.94. The molecule has 0 fully saturated rings. The molecule has 2 aliphatic heterocycles. The lowest BCUT2D eigenvalue weighted by atomic mass is 9.57. The van der Waals surface area contributed by atoms with Crippen molar-refractivity contribution in [3.05, 3.63) is 77.6 Å². The number of hydrogen-bond acceptors (Lipinski definition) is 4. The summed E-state index contributed by atoms with van der Waals surface area (Å²) in [6.45, 7) is 2.43. The van der Waals surface area contributed by atoms with Crippen molar-refractivity contribution < 1.29 is 33.4 Å². The van der Waals surface area contributed by atoms with Crippen LogP contribution in [0.3, 0.4) is 0 Å². The van der Waals surface area contributed by atoms with Crippen LogP contribution in [0.5, 0.6) is 0 Å². The summed E-state index contributed by atoms with van der Waals surface area (Å²) >= 11 is 0. The maximum absolute atomic E-state index is 8.49. The van der Waals surface area contributed by atoms with Crippen LogP contribution in [0, 0.1) is 22.1 Å². The number of allylic oxidation sites excluding steroid dienone is 2. The van der Waals surface area contributed by atoms with Gasteiger partial charge in [-0.05, 0) is 17.9 Å². The molecular weight excluding hydrogens is 342 g/mol. The molecule has 1 aromatic carbocycles. The highest BCUT2D eigenvalue weighted by Gasteiger charge is 2.62. The third-order valence-corrected chi connectivity index (χ3v) is 5.84. The number of rotatable bonds is 0. The Hall–Kier alpha value is -1.76. The SMILES string of the molecule is CC12c3ccccc3C(c3cccc[n+]31)C1CC=CC12.[O-][Cl+3]([O-])([O-])[O-]. The maximum atomic E-state index is 8.49. The van der Waals surface area contributed by atoms with Crippen molar-refractivity contribution in [3.63, 3.8) is 0 Å². The molecule has 0 saturated heterocycles. The first-order valence-electron chi connectivity index (χ1n) is 8.20. The van der Waals surface area contributed by atoms with Crippen LogP contribution in [0.2, 0.25) is 0 Å². The van der Waals surface area contributed by atoms with E-state index in [0.717, 1.165) is 5.92 Å². The summed E-state index contributed by atoms with van der Waals surface area (Å²) in [5.74, 6) is 1.95. The van der Waals surface area contributed by atoms with E-state index in [0.29, 0.717) is 11.8 Å². The molecule has 0 radical (unpaired) electrons. The lowest BCUT2D eigenvalue weighted by Gasteiger charge is -2.48. The number of pyridine rings is 1. The van der Waals surface area contributed by atoms with E-state index in [1.165, 1.54) is 17.7 Å². The fraction of sp³-hybridized carbons (Fsp3) is 0.316. The van der Waals surface area contributed by atoms with Gasteiger partial charge in [0.1, 0.15) is 0 Å². The topological polar surface area (TPSA) is 96.1 Å². The van der Waals surface area contributed by atoms with Crippen LogP contribution >= 0.6 is 0 Å². The van der Waals surface area contributed by atoms with Crippen LogP contribution in [-0.2, 0) is 5.54 Å². The summed E-state index contributed by atoms with van der Waals surface area (Å²) < 4.78 is 36.5. The summed E-state index contributed by atoms with van der Waals surface area (Å²) in [6, 6.07) is 15.8. The van der Waals surface area contributed by atoms with Gasteiger partial charge >= 0.3 is 0 Å². The van der Waals surface area contributed by atoms with Crippen molar-refractivity contribution in [1.29, 1.82) is 0 Å². The molecule has 4 atom stereocenters. The van der Waals surface area contributed by atoms with Gasteiger partial charge in [-0.15, -0.1) is 10.2 Å². The Bertz CT molecular complexity index is 792. The van der Waals surface area contributed by atoms with E-state index in [4.69, 9.17) is 18.6 Å². The van der Waals surface area contributed by atoms with Crippen LogP contribution < -0.4 is 23.2 Å². The molecule has 3 heterocycles. The fourth-order valence-electron chi connectivity index (χ4n) is 5.06. The molecular formula is C19H18ClNO4. The standard InChI is InChI=1S/C19H18N.ClHO4/c1-19-15-9-3-2-7-13(15)18(14-8-6-10-16(14)19)17-11-4-5-12-20(17)19;2-1(3,4)5/h2-7,9-12,14,16,18H,8H2,1H3;(H,2,3,4,5)/q+1;/p-1. The molecule has 5 nitrogen and oxygen atoms in total. The number of hydrogen-bond donors (Lipinski definition) is 0. The lowest BCUT2D eigenvalue weighted by Crippen LogP contribution is -2.69. The number of nitrogens with zero attached hydrogens (tertiary/aromatic N) is 1. The molecule has 25 heavy (non-hydrogen) atoms. The van der Waals surface area contributed by atoms with Gasteiger partial charge < -0.3 is 0 Å². The molecule has 0 amide bonds. The molecule has 1 aromatic heterocycles. The van der Waals surface area contributed by atoms with Crippen LogP contribution in [0.4, 0.5) is 0 Å². The average Bonchev–Trinajstić information content (AvgIpc) is 3.05. The van der Waals surface area contributed by atoms with Gasteiger partial charge in [-0.25, -0.2) is 18.6 Å². The number of benzene rings is 1. The van der Waals surface area contributed by atoms with Gasteiger partial charge in [-0.2, -0.15) is 4.57 Å². The van der Waals surface area contributed by atoms with Crippen molar-refractivity contribution in [2.24, 2.45) is 11.8 Å². The van der Waals surface area contributed by atoms with Crippen molar-refractivity contribution in [2.75, 3.05) is 0 Å². The Morgan fingerprint density at radius 3 is 2.48 bits per heavy atom. The number of halogens is 1. The molecule has 4 aliphatic rings. The van der Waals surface area contributed by atoms with Crippen LogP contribution in [0.15, 0.2) is 60.8 Å². The zero-order chi connectivity index (χ0) is 17.8. The first kappa shape index (κ1) is 16.7. The molecule has 4 unspecified atom stereocenters. The minimum absolute atomic E-state index is 0.0829. The molecule has 6 heteroatoms. The molecule has 0 N–H and O–H groups in total. The van der Waals surface area contributed by atoms with E-state index < -0.39 is 10.2 Å².